The maximum atomic E-state index is 11.9. The standard InChI is InChI=1S/C11H18N2O2/c1-7(2)9-6-10(14)13(8(3)4)11(15)12(9)5/h6-8H,1-5H3. The van der Waals surface area contributed by atoms with Crippen LogP contribution in [-0.4, -0.2) is 9.13 Å². The summed E-state index contributed by atoms with van der Waals surface area (Å²) in [6.07, 6.45) is 0. The van der Waals surface area contributed by atoms with Crippen LogP contribution in [0.2, 0.25) is 0 Å². The minimum atomic E-state index is -0.235. The smallest absolute Gasteiger partial charge is 0.300 e. The molecule has 1 aromatic rings. The van der Waals surface area contributed by atoms with E-state index < -0.39 is 0 Å². The third kappa shape index (κ3) is 2.03. The van der Waals surface area contributed by atoms with Gasteiger partial charge in [0.05, 0.1) is 0 Å². The van der Waals surface area contributed by atoms with Crippen LogP contribution in [0.1, 0.15) is 45.3 Å². The molecule has 1 rings (SSSR count). The predicted octanol–water partition coefficient (Wildman–Crippen LogP) is 1.25. The summed E-state index contributed by atoms with van der Waals surface area (Å²) in [5.74, 6) is 0.178. The average Bonchev–Trinajstić information content (AvgIpc) is 2.10. The van der Waals surface area contributed by atoms with E-state index in [9.17, 15) is 9.59 Å². The van der Waals surface area contributed by atoms with Crippen molar-refractivity contribution in [1.29, 1.82) is 0 Å². The SMILES string of the molecule is CC(C)c1cc(=O)n(C(C)C)c(=O)n1C. The van der Waals surface area contributed by atoms with Gasteiger partial charge in [-0.2, -0.15) is 0 Å². The zero-order valence-corrected chi connectivity index (χ0v) is 9.94. The van der Waals surface area contributed by atoms with Crippen LogP contribution < -0.4 is 11.2 Å². The molecular formula is C11H18N2O2. The lowest BCUT2D eigenvalue weighted by Crippen LogP contribution is -2.41. The van der Waals surface area contributed by atoms with Crippen LogP contribution in [0.4, 0.5) is 0 Å². The van der Waals surface area contributed by atoms with Gasteiger partial charge in [-0.1, -0.05) is 13.8 Å². The molecule has 4 heteroatoms. The number of hydrogen-bond donors (Lipinski definition) is 0. The largest absolute Gasteiger partial charge is 0.331 e. The third-order valence-corrected chi connectivity index (χ3v) is 2.50. The fourth-order valence-corrected chi connectivity index (χ4v) is 1.69. The van der Waals surface area contributed by atoms with Crippen LogP contribution in [0.15, 0.2) is 15.7 Å². The molecular weight excluding hydrogens is 192 g/mol. The lowest BCUT2D eigenvalue weighted by atomic mass is 10.1. The van der Waals surface area contributed by atoms with Gasteiger partial charge in [0.2, 0.25) is 0 Å². The summed E-state index contributed by atoms with van der Waals surface area (Å²) in [5, 5.41) is 0. The fraction of sp³-hybridized carbons (Fsp3) is 0.636. The van der Waals surface area contributed by atoms with E-state index in [-0.39, 0.29) is 23.2 Å². The van der Waals surface area contributed by atoms with Gasteiger partial charge in [-0.05, 0) is 19.8 Å². The zero-order chi connectivity index (χ0) is 11.7. The molecule has 0 fully saturated rings. The Balaban J connectivity index is 3.60. The molecule has 0 saturated heterocycles. The van der Waals surface area contributed by atoms with Crippen molar-refractivity contribution in [2.75, 3.05) is 0 Å². The molecule has 0 spiro atoms. The normalized spacial score (nSPS) is 11.4. The van der Waals surface area contributed by atoms with E-state index in [0.29, 0.717) is 0 Å². The highest BCUT2D eigenvalue weighted by Crippen LogP contribution is 2.09. The molecule has 1 aromatic heterocycles. The van der Waals surface area contributed by atoms with Crippen molar-refractivity contribution < 1.29 is 0 Å². The molecule has 0 aliphatic heterocycles. The van der Waals surface area contributed by atoms with Crippen LogP contribution in [0, 0.1) is 0 Å². The maximum absolute atomic E-state index is 11.9. The van der Waals surface area contributed by atoms with Gasteiger partial charge in [0.1, 0.15) is 0 Å². The highest BCUT2D eigenvalue weighted by Gasteiger charge is 2.12. The van der Waals surface area contributed by atoms with Crippen LogP contribution in [0.5, 0.6) is 0 Å². The Bertz CT molecular complexity index is 466. The van der Waals surface area contributed by atoms with Crippen molar-refractivity contribution >= 4 is 0 Å². The third-order valence-electron chi connectivity index (χ3n) is 2.50. The Labute approximate surface area is 89.2 Å². The molecule has 0 atom stereocenters. The van der Waals surface area contributed by atoms with Crippen molar-refractivity contribution in [2.45, 2.75) is 39.7 Å². The number of nitrogens with zero attached hydrogens (tertiary/aromatic N) is 2. The quantitative estimate of drug-likeness (QED) is 0.737. The van der Waals surface area contributed by atoms with E-state index in [2.05, 4.69) is 0 Å². The van der Waals surface area contributed by atoms with Crippen molar-refractivity contribution in [3.8, 4) is 0 Å². The summed E-state index contributed by atoms with van der Waals surface area (Å²) < 4.78 is 2.82. The first-order valence-corrected chi connectivity index (χ1v) is 5.18. The Morgan fingerprint density at radius 1 is 1.13 bits per heavy atom. The molecule has 15 heavy (non-hydrogen) atoms. The predicted molar refractivity (Wildman–Crippen MR) is 60.4 cm³/mol. The Hall–Kier alpha value is -1.32. The number of aromatic nitrogens is 2. The highest BCUT2D eigenvalue weighted by molar-refractivity contribution is 5.07. The van der Waals surface area contributed by atoms with E-state index in [1.54, 1.807) is 17.7 Å². The van der Waals surface area contributed by atoms with E-state index in [1.165, 1.54) is 4.57 Å². The highest BCUT2D eigenvalue weighted by atomic mass is 16.2. The van der Waals surface area contributed by atoms with Gasteiger partial charge in [0, 0.05) is 24.8 Å². The van der Waals surface area contributed by atoms with Gasteiger partial charge >= 0.3 is 5.69 Å². The first-order chi connectivity index (χ1) is 6.86. The molecule has 0 saturated carbocycles. The van der Waals surface area contributed by atoms with Crippen LogP contribution in [0.25, 0.3) is 0 Å². The van der Waals surface area contributed by atoms with E-state index in [4.69, 9.17) is 0 Å². The molecule has 1 heterocycles. The molecule has 0 amide bonds. The van der Waals surface area contributed by atoms with Crippen molar-refractivity contribution in [3.05, 3.63) is 32.6 Å². The summed E-state index contributed by atoms with van der Waals surface area (Å²) in [7, 11) is 1.70. The van der Waals surface area contributed by atoms with E-state index in [1.807, 2.05) is 27.7 Å². The van der Waals surface area contributed by atoms with Gasteiger partial charge in [-0.25, -0.2) is 4.79 Å². The Morgan fingerprint density at radius 3 is 2.07 bits per heavy atom. The van der Waals surface area contributed by atoms with Crippen molar-refractivity contribution in [3.63, 3.8) is 0 Å². The monoisotopic (exact) mass is 210 g/mol. The molecule has 0 aromatic carbocycles. The first-order valence-electron chi connectivity index (χ1n) is 5.18. The Kier molecular flexibility index (Phi) is 3.17. The second-order valence-electron chi connectivity index (χ2n) is 4.37. The summed E-state index contributed by atoms with van der Waals surface area (Å²) in [5.41, 5.74) is 0.333. The number of hydrogen-bond acceptors (Lipinski definition) is 2. The molecule has 0 unspecified atom stereocenters. The van der Waals surface area contributed by atoms with Gasteiger partial charge in [-0.3, -0.25) is 9.36 Å². The molecule has 0 N–H and O–H groups in total. The molecule has 0 radical (unpaired) electrons. The minimum Gasteiger partial charge on any atom is -0.300 e. The van der Waals surface area contributed by atoms with Gasteiger partial charge in [-0.15, -0.1) is 0 Å². The topological polar surface area (TPSA) is 44.0 Å². The number of rotatable bonds is 2. The lowest BCUT2D eigenvalue weighted by molar-refractivity contribution is 0.508. The summed E-state index contributed by atoms with van der Waals surface area (Å²) >= 11 is 0. The van der Waals surface area contributed by atoms with E-state index >= 15 is 0 Å². The fourth-order valence-electron chi connectivity index (χ4n) is 1.69. The Morgan fingerprint density at radius 2 is 1.67 bits per heavy atom. The molecule has 0 bridgehead atoms. The maximum Gasteiger partial charge on any atom is 0.331 e. The zero-order valence-electron chi connectivity index (χ0n) is 9.94. The minimum absolute atomic E-state index is 0.0996. The van der Waals surface area contributed by atoms with Crippen LogP contribution in [-0.2, 0) is 7.05 Å². The molecule has 0 aliphatic rings. The first kappa shape index (κ1) is 11.8. The van der Waals surface area contributed by atoms with Gasteiger partial charge in [0.15, 0.2) is 0 Å². The van der Waals surface area contributed by atoms with Crippen LogP contribution >= 0.6 is 0 Å². The molecule has 0 aliphatic carbocycles. The van der Waals surface area contributed by atoms with E-state index in [0.717, 1.165) is 5.69 Å². The van der Waals surface area contributed by atoms with Crippen molar-refractivity contribution in [2.24, 2.45) is 7.05 Å². The summed E-state index contributed by atoms with van der Waals surface area (Å²) in [6, 6.07) is 1.45. The second kappa shape index (κ2) is 4.04. The molecule has 84 valence electrons. The average molecular weight is 210 g/mol. The van der Waals surface area contributed by atoms with Gasteiger partial charge in [0.25, 0.3) is 5.56 Å². The second-order valence-corrected chi connectivity index (χ2v) is 4.37. The van der Waals surface area contributed by atoms with Crippen molar-refractivity contribution in [1.82, 2.24) is 9.13 Å². The lowest BCUT2D eigenvalue weighted by Gasteiger charge is -2.15. The summed E-state index contributed by atoms with van der Waals surface area (Å²) in [4.78, 5) is 23.6. The van der Waals surface area contributed by atoms with Gasteiger partial charge < -0.3 is 4.57 Å². The summed E-state index contributed by atoms with van der Waals surface area (Å²) in [6.45, 7) is 7.59. The van der Waals surface area contributed by atoms with Crippen LogP contribution in [0.3, 0.4) is 0 Å². The molecule has 4 nitrogen and oxygen atoms in total.